The first-order chi connectivity index (χ1) is 8.93. The van der Waals surface area contributed by atoms with Crippen LogP contribution in [0.4, 0.5) is 8.78 Å². The molecule has 8 heteroatoms. The summed E-state index contributed by atoms with van der Waals surface area (Å²) in [5.74, 6) is -2.33. The van der Waals surface area contributed by atoms with E-state index in [4.69, 9.17) is 5.11 Å². The second-order valence-electron chi connectivity index (χ2n) is 4.09. The number of hydrogen-bond donors (Lipinski definition) is 5. The van der Waals surface area contributed by atoms with E-state index in [1.807, 2.05) is 0 Å². The van der Waals surface area contributed by atoms with E-state index in [2.05, 4.69) is 9.97 Å². The zero-order chi connectivity index (χ0) is 14.2. The van der Waals surface area contributed by atoms with Crippen molar-refractivity contribution < 1.29 is 29.2 Å². The van der Waals surface area contributed by atoms with Gasteiger partial charge in [-0.2, -0.15) is 0 Å². The molecule has 0 spiro atoms. The summed E-state index contributed by atoms with van der Waals surface area (Å²) in [4.78, 5) is 6.29. The number of nitrogens with zero attached hydrogens (tertiary/aromatic N) is 1. The number of aliphatic hydroxyl groups excluding tert-OH is 4. The molecule has 3 atom stereocenters. The summed E-state index contributed by atoms with van der Waals surface area (Å²) in [6, 6.07) is 1.70. The molecule has 0 bridgehead atoms. The standard InChI is InChI=1S/C11H12F2N2O4/c12-4-1-6-7(2-5(4)13)15-11(14-6)10(19)9(18)8(17)3-16/h1-2,8-10,16-19H,3H2,(H,14,15)/t8-,9+,10?/m1/s1. The average Bonchev–Trinajstić information content (AvgIpc) is 2.79. The number of fused-ring (bicyclic) bond motifs is 1. The second-order valence-corrected chi connectivity index (χ2v) is 4.09. The van der Waals surface area contributed by atoms with Gasteiger partial charge < -0.3 is 25.4 Å². The fraction of sp³-hybridized carbons (Fsp3) is 0.364. The third kappa shape index (κ3) is 2.56. The molecule has 0 saturated carbocycles. The molecule has 19 heavy (non-hydrogen) atoms. The van der Waals surface area contributed by atoms with Crippen molar-refractivity contribution in [3.05, 3.63) is 29.6 Å². The van der Waals surface area contributed by atoms with Crippen LogP contribution >= 0.6 is 0 Å². The highest BCUT2D eigenvalue weighted by atomic mass is 19.2. The molecule has 1 aromatic carbocycles. The maximum absolute atomic E-state index is 13.0. The first-order valence-electron chi connectivity index (χ1n) is 5.43. The van der Waals surface area contributed by atoms with Crippen molar-refractivity contribution >= 4 is 11.0 Å². The highest BCUT2D eigenvalue weighted by Crippen LogP contribution is 2.22. The molecule has 0 aliphatic rings. The van der Waals surface area contributed by atoms with Gasteiger partial charge in [0.1, 0.15) is 24.1 Å². The van der Waals surface area contributed by atoms with Crippen LogP contribution in [0.2, 0.25) is 0 Å². The van der Waals surface area contributed by atoms with Crippen LogP contribution in [0.5, 0.6) is 0 Å². The number of hydrogen-bond acceptors (Lipinski definition) is 5. The largest absolute Gasteiger partial charge is 0.394 e. The van der Waals surface area contributed by atoms with Gasteiger partial charge in [0, 0.05) is 12.1 Å². The number of benzene rings is 1. The number of halogens is 2. The summed E-state index contributed by atoms with van der Waals surface area (Å²) in [5, 5.41) is 37.1. The Morgan fingerprint density at radius 1 is 1.16 bits per heavy atom. The van der Waals surface area contributed by atoms with Crippen molar-refractivity contribution in [2.45, 2.75) is 18.3 Å². The fourth-order valence-corrected chi connectivity index (χ4v) is 1.64. The van der Waals surface area contributed by atoms with Crippen LogP contribution in [0.15, 0.2) is 12.1 Å². The summed E-state index contributed by atoms with van der Waals surface area (Å²) in [5.41, 5.74) is 0.206. The number of aromatic amines is 1. The minimum absolute atomic E-state index is 0.0682. The Morgan fingerprint density at radius 2 is 1.79 bits per heavy atom. The molecular formula is C11H12F2N2O4. The number of rotatable bonds is 4. The van der Waals surface area contributed by atoms with Gasteiger partial charge in [0.2, 0.25) is 0 Å². The fourth-order valence-electron chi connectivity index (χ4n) is 1.64. The Bertz CT molecular complexity index is 550. The van der Waals surface area contributed by atoms with Gasteiger partial charge in [-0.1, -0.05) is 0 Å². The maximum atomic E-state index is 13.0. The van der Waals surface area contributed by atoms with Gasteiger partial charge in [-0.15, -0.1) is 0 Å². The lowest BCUT2D eigenvalue weighted by atomic mass is 10.1. The molecule has 6 nitrogen and oxygen atoms in total. The SMILES string of the molecule is OC[C@@H](O)[C@H](O)C(O)c1nc2cc(F)c(F)cc2[nH]1. The topological polar surface area (TPSA) is 110 Å². The van der Waals surface area contributed by atoms with Gasteiger partial charge >= 0.3 is 0 Å². The lowest BCUT2D eigenvalue weighted by Crippen LogP contribution is -2.35. The summed E-state index contributed by atoms with van der Waals surface area (Å²) in [6.45, 7) is -0.748. The van der Waals surface area contributed by atoms with Gasteiger partial charge in [0.25, 0.3) is 0 Å². The van der Waals surface area contributed by atoms with Crippen LogP contribution in [-0.4, -0.2) is 49.2 Å². The van der Waals surface area contributed by atoms with E-state index in [0.29, 0.717) is 0 Å². The van der Waals surface area contributed by atoms with E-state index < -0.39 is 36.6 Å². The van der Waals surface area contributed by atoms with Gasteiger partial charge in [0.15, 0.2) is 11.6 Å². The molecule has 0 fully saturated rings. The third-order valence-corrected chi connectivity index (χ3v) is 2.73. The van der Waals surface area contributed by atoms with Crippen molar-refractivity contribution in [2.24, 2.45) is 0 Å². The third-order valence-electron chi connectivity index (χ3n) is 2.73. The summed E-state index contributed by atoms with van der Waals surface area (Å²) in [6.07, 6.45) is -4.86. The van der Waals surface area contributed by atoms with Crippen LogP contribution in [0.1, 0.15) is 11.9 Å². The van der Waals surface area contributed by atoms with Crippen molar-refractivity contribution in [1.82, 2.24) is 9.97 Å². The Morgan fingerprint density at radius 3 is 2.42 bits per heavy atom. The Hall–Kier alpha value is -1.61. The molecule has 2 aromatic rings. The van der Waals surface area contributed by atoms with Gasteiger partial charge in [-0.05, 0) is 0 Å². The molecule has 0 aliphatic heterocycles. The number of aliphatic hydroxyl groups is 4. The summed E-state index contributed by atoms with van der Waals surface area (Å²) >= 11 is 0. The molecule has 5 N–H and O–H groups in total. The minimum Gasteiger partial charge on any atom is -0.394 e. The lowest BCUT2D eigenvalue weighted by Gasteiger charge is -2.19. The number of aromatic nitrogens is 2. The number of imidazole rings is 1. The molecule has 0 radical (unpaired) electrons. The molecule has 1 aromatic heterocycles. The quantitative estimate of drug-likeness (QED) is 0.520. The summed E-state index contributed by atoms with van der Waals surface area (Å²) in [7, 11) is 0. The molecular weight excluding hydrogens is 262 g/mol. The summed E-state index contributed by atoms with van der Waals surface area (Å²) < 4.78 is 26.0. The van der Waals surface area contributed by atoms with Gasteiger partial charge in [-0.3, -0.25) is 0 Å². The molecule has 0 saturated heterocycles. The lowest BCUT2D eigenvalue weighted by molar-refractivity contribution is -0.0800. The van der Waals surface area contributed by atoms with Crippen molar-refractivity contribution in [1.29, 1.82) is 0 Å². The van der Waals surface area contributed by atoms with Crippen molar-refractivity contribution in [2.75, 3.05) is 6.61 Å². The number of H-pyrrole nitrogens is 1. The first kappa shape index (κ1) is 13.8. The molecule has 1 heterocycles. The zero-order valence-electron chi connectivity index (χ0n) is 9.59. The van der Waals surface area contributed by atoms with Gasteiger partial charge in [0.05, 0.1) is 17.6 Å². The van der Waals surface area contributed by atoms with Crippen molar-refractivity contribution in [3.8, 4) is 0 Å². The number of nitrogens with one attached hydrogen (secondary N) is 1. The Labute approximate surface area is 106 Å². The monoisotopic (exact) mass is 274 g/mol. The predicted octanol–water partition coefficient (Wildman–Crippen LogP) is -0.411. The van der Waals surface area contributed by atoms with E-state index >= 15 is 0 Å². The second kappa shape index (κ2) is 5.17. The highest BCUT2D eigenvalue weighted by Gasteiger charge is 2.28. The highest BCUT2D eigenvalue weighted by molar-refractivity contribution is 5.75. The molecule has 1 unspecified atom stereocenters. The zero-order valence-corrected chi connectivity index (χ0v) is 9.59. The van der Waals surface area contributed by atoms with E-state index in [1.54, 1.807) is 0 Å². The van der Waals surface area contributed by atoms with Crippen molar-refractivity contribution in [3.63, 3.8) is 0 Å². The Balaban J connectivity index is 2.35. The van der Waals surface area contributed by atoms with Crippen LogP contribution in [0.25, 0.3) is 11.0 Å². The maximum Gasteiger partial charge on any atom is 0.161 e. The molecule has 0 aliphatic carbocycles. The minimum atomic E-state index is -1.68. The van der Waals surface area contributed by atoms with E-state index in [9.17, 15) is 24.1 Å². The molecule has 2 rings (SSSR count). The van der Waals surface area contributed by atoms with Crippen LogP contribution in [0.3, 0.4) is 0 Å². The van der Waals surface area contributed by atoms with E-state index in [0.717, 1.165) is 12.1 Å². The van der Waals surface area contributed by atoms with Crippen LogP contribution in [0, 0.1) is 11.6 Å². The predicted molar refractivity (Wildman–Crippen MR) is 60.1 cm³/mol. The average molecular weight is 274 g/mol. The van der Waals surface area contributed by atoms with Crippen LogP contribution in [-0.2, 0) is 0 Å². The normalized spacial score (nSPS) is 16.5. The van der Waals surface area contributed by atoms with Crippen LogP contribution < -0.4 is 0 Å². The Kier molecular flexibility index (Phi) is 3.76. The molecule has 0 amide bonds. The molecule has 104 valence electrons. The smallest absolute Gasteiger partial charge is 0.161 e. The van der Waals surface area contributed by atoms with E-state index in [-0.39, 0.29) is 16.9 Å². The van der Waals surface area contributed by atoms with E-state index in [1.165, 1.54) is 0 Å². The van der Waals surface area contributed by atoms with Gasteiger partial charge in [-0.25, -0.2) is 13.8 Å². The first-order valence-corrected chi connectivity index (χ1v) is 5.43.